The van der Waals surface area contributed by atoms with Crippen LogP contribution in [0.2, 0.25) is 0 Å². The number of hydrogen-bond donors (Lipinski definition) is 1. The highest BCUT2D eigenvalue weighted by Crippen LogP contribution is 2.30. The summed E-state index contributed by atoms with van der Waals surface area (Å²) in [5, 5.41) is 4.01. The molecular formula is C26H22FN5O. The van der Waals surface area contributed by atoms with Gasteiger partial charge in [-0.25, -0.2) is 14.4 Å². The predicted molar refractivity (Wildman–Crippen MR) is 126 cm³/mol. The molecule has 4 aromatic heterocycles. The molecule has 0 saturated carbocycles. The van der Waals surface area contributed by atoms with E-state index in [-0.39, 0.29) is 0 Å². The first-order valence-corrected chi connectivity index (χ1v) is 11.1. The smallest absolute Gasteiger partial charge is 0.149 e. The van der Waals surface area contributed by atoms with Gasteiger partial charge in [-0.1, -0.05) is 24.3 Å². The Labute approximate surface area is 190 Å². The van der Waals surface area contributed by atoms with Crippen molar-refractivity contribution in [3.05, 3.63) is 79.4 Å². The van der Waals surface area contributed by atoms with Gasteiger partial charge in [0.15, 0.2) is 0 Å². The fraction of sp³-hybridized carbons (Fsp3) is 0.192. The van der Waals surface area contributed by atoms with Crippen molar-refractivity contribution in [3.8, 4) is 28.3 Å². The molecule has 2 unspecified atom stereocenters. The second-order valence-electron chi connectivity index (χ2n) is 8.22. The number of piperidine rings is 1. The Bertz CT molecular complexity index is 1440. The van der Waals surface area contributed by atoms with Crippen LogP contribution >= 0.6 is 0 Å². The van der Waals surface area contributed by atoms with Crippen LogP contribution in [0.4, 0.5) is 4.39 Å². The Morgan fingerprint density at radius 1 is 1.03 bits per heavy atom. The van der Waals surface area contributed by atoms with Crippen LogP contribution in [0.25, 0.3) is 39.1 Å². The topological polar surface area (TPSA) is 64.3 Å². The third kappa shape index (κ3) is 3.70. The molecule has 7 heteroatoms. The van der Waals surface area contributed by atoms with E-state index in [0.717, 1.165) is 45.6 Å². The van der Waals surface area contributed by atoms with Crippen LogP contribution < -0.4 is 10.1 Å². The molecule has 0 radical (unpaired) electrons. The van der Waals surface area contributed by atoms with E-state index >= 15 is 0 Å². The molecule has 2 atom stereocenters. The van der Waals surface area contributed by atoms with Crippen molar-refractivity contribution >= 4 is 16.6 Å². The Hall–Kier alpha value is -3.84. The number of hydrogen-bond acceptors (Lipinski definition) is 5. The molecule has 6 nitrogen and oxygen atoms in total. The minimum absolute atomic E-state index is 0.316. The standard InChI is InChI=1S/C26H22FN5O/c27-20-15-29-11-8-23(20)33-24-5-1-3-17-6-7-21(31-26(17)24)22-16-30-25-13-18(9-12-32(22)25)19-4-2-10-28-14-19/h1-7,9-10,12-14,16,20,23,29H,8,11,15H2. The summed E-state index contributed by atoms with van der Waals surface area (Å²) in [5.74, 6) is 0.608. The molecule has 1 saturated heterocycles. The van der Waals surface area contributed by atoms with E-state index in [9.17, 15) is 4.39 Å². The van der Waals surface area contributed by atoms with Crippen LogP contribution in [0.15, 0.2) is 79.4 Å². The normalized spacial score (nSPS) is 18.6. The number of nitrogens with zero attached hydrogens (tertiary/aromatic N) is 4. The molecule has 164 valence electrons. The van der Waals surface area contributed by atoms with Crippen molar-refractivity contribution in [2.24, 2.45) is 0 Å². The number of benzene rings is 1. The average molecular weight is 439 g/mol. The molecule has 1 N–H and O–H groups in total. The van der Waals surface area contributed by atoms with Crippen LogP contribution in [0.5, 0.6) is 5.75 Å². The SMILES string of the molecule is FC1CNCCC1Oc1cccc2ccc(-c3cnc4cc(-c5cccnc5)ccn34)nc12. The van der Waals surface area contributed by atoms with E-state index in [1.54, 1.807) is 6.20 Å². The molecule has 6 rings (SSSR count). The molecule has 1 aromatic carbocycles. The van der Waals surface area contributed by atoms with E-state index < -0.39 is 12.3 Å². The monoisotopic (exact) mass is 439 g/mol. The van der Waals surface area contributed by atoms with Gasteiger partial charge >= 0.3 is 0 Å². The number of rotatable bonds is 4. The molecule has 0 spiro atoms. The maximum atomic E-state index is 14.3. The minimum atomic E-state index is -1.04. The summed E-state index contributed by atoms with van der Waals surface area (Å²) in [7, 11) is 0. The van der Waals surface area contributed by atoms with Crippen molar-refractivity contribution in [2.75, 3.05) is 13.1 Å². The van der Waals surface area contributed by atoms with Crippen LogP contribution in [0.3, 0.4) is 0 Å². The van der Waals surface area contributed by atoms with Crippen LogP contribution in [0, 0.1) is 0 Å². The second kappa shape index (κ2) is 8.26. The lowest BCUT2D eigenvalue weighted by atomic mass is 10.1. The van der Waals surface area contributed by atoms with Gasteiger partial charge in [0.2, 0.25) is 0 Å². The Kier molecular flexibility index (Phi) is 4.96. The first kappa shape index (κ1) is 19.8. The Morgan fingerprint density at radius 2 is 2.00 bits per heavy atom. The average Bonchev–Trinajstić information content (AvgIpc) is 3.29. The van der Waals surface area contributed by atoms with Crippen molar-refractivity contribution in [1.82, 2.24) is 24.7 Å². The van der Waals surface area contributed by atoms with Gasteiger partial charge in [0.1, 0.15) is 29.2 Å². The number of fused-ring (bicyclic) bond motifs is 2. The maximum Gasteiger partial charge on any atom is 0.149 e. The highest BCUT2D eigenvalue weighted by Gasteiger charge is 2.27. The number of pyridine rings is 3. The van der Waals surface area contributed by atoms with Gasteiger partial charge in [0.25, 0.3) is 0 Å². The Morgan fingerprint density at radius 3 is 2.88 bits per heavy atom. The summed E-state index contributed by atoms with van der Waals surface area (Å²) in [4.78, 5) is 13.7. The van der Waals surface area contributed by atoms with Gasteiger partial charge in [0, 0.05) is 36.1 Å². The number of alkyl halides is 1. The van der Waals surface area contributed by atoms with Gasteiger partial charge in [-0.05, 0) is 48.9 Å². The van der Waals surface area contributed by atoms with Crippen molar-refractivity contribution in [2.45, 2.75) is 18.7 Å². The predicted octanol–water partition coefficient (Wildman–Crippen LogP) is 4.69. The molecular weight excluding hydrogens is 417 g/mol. The van der Waals surface area contributed by atoms with Gasteiger partial charge in [0.05, 0.1) is 17.6 Å². The molecule has 33 heavy (non-hydrogen) atoms. The third-order valence-corrected chi connectivity index (χ3v) is 6.08. The lowest BCUT2D eigenvalue weighted by Crippen LogP contribution is -2.44. The summed E-state index contributed by atoms with van der Waals surface area (Å²) in [6, 6.07) is 17.8. The lowest BCUT2D eigenvalue weighted by molar-refractivity contribution is 0.0743. The Balaban J connectivity index is 1.39. The van der Waals surface area contributed by atoms with Crippen LogP contribution in [-0.2, 0) is 0 Å². The number of aromatic nitrogens is 4. The van der Waals surface area contributed by atoms with E-state index in [4.69, 9.17) is 9.72 Å². The van der Waals surface area contributed by atoms with Crippen molar-refractivity contribution < 1.29 is 9.13 Å². The van der Waals surface area contributed by atoms with Gasteiger partial charge in [-0.15, -0.1) is 0 Å². The maximum absolute atomic E-state index is 14.3. The summed E-state index contributed by atoms with van der Waals surface area (Å²) < 4.78 is 22.5. The highest BCUT2D eigenvalue weighted by atomic mass is 19.1. The molecule has 1 fully saturated rings. The largest absolute Gasteiger partial charge is 0.485 e. The quantitative estimate of drug-likeness (QED) is 0.440. The minimum Gasteiger partial charge on any atom is -0.485 e. The summed E-state index contributed by atoms with van der Waals surface area (Å²) in [6.45, 7) is 1.06. The number of imidazole rings is 1. The molecule has 0 aliphatic carbocycles. The molecule has 5 aromatic rings. The zero-order valence-electron chi connectivity index (χ0n) is 17.9. The number of halogens is 1. The number of nitrogens with one attached hydrogen (secondary N) is 1. The number of para-hydroxylation sites is 1. The van der Waals surface area contributed by atoms with E-state index in [1.165, 1.54) is 0 Å². The summed E-state index contributed by atoms with van der Waals surface area (Å²) in [5.41, 5.74) is 5.30. The lowest BCUT2D eigenvalue weighted by Gasteiger charge is -2.27. The zero-order valence-corrected chi connectivity index (χ0v) is 17.9. The third-order valence-electron chi connectivity index (χ3n) is 6.08. The molecule has 5 heterocycles. The van der Waals surface area contributed by atoms with Crippen molar-refractivity contribution in [3.63, 3.8) is 0 Å². The fourth-order valence-electron chi connectivity index (χ4n) is 4.33. The van der Waals surface area contributed by atoms with E-state index in [2.05, 4.69) is 15.3 Å². The highest BCUT2D eigenvalue weighted by molar-refractivity contribution is 5.86. The molecule has 1 aliphatic rings. The van der Waals surface area contributed by atoms with E-state index in [1.807, 2.05) is 77.6 Å². The first-order valence-electron chi connectivity index (χ1n) is 11.1. The first-order chi connectivity index (χ1) is 16.3. The number of ether oxygens (including phenoxy) is 1. The molecule has 0 amide bonds. The second-order valence-corrected chi connectivity index (χ2v) is 8.22. The zero-order chi connectivity index (χ0) is 22.2. The summed E-state index contributed by atoms with van der Waals surface area (Å²) >= 11 is 0. The van der Waals surface area contributed by atoms with Gasteiger partial charge in [-0.2, -0.15) is 0 Å². The van der Waals surface area contributed by atoms with Crippen LogP contribution in [-0.4, -0.2) is 44.7 Å². The van der Waals surface area contributed by atoms with Gasteiger partial charge in [-0.3, -0.25) is 9.38 Å². The molecule has 0 bridgehead atoms. The fourth-order valence-corrected chi connectivity index (χ4v) is 4.33. The molecule has 1 aliphatic heterocycles. The van der Waals surface area contributed by atoms with Crippen molar-refractivity contribution in [1.29, 1.82) is 0 Å². The summed E-state index contributed by atoms with van der Waals surface area (Å²) in [6.07, 6.45) is 6.55. The van der Waals surface area contributed by atoms with Crippen LogP contribution in [0.1, 0.15) is 6.42 Å². The van der Waals surface area contributed by atoms with Gasteiger partial charge < -0.3 is 10.1 Å². The van der Waals surface area contributed by atoms with E-state index in [0.29, 0.717) is 18.7 Å².